The summed E-state index contributed by atoms with van der Waals surface area (Å²) in [6.45, 7) is 6.38. The Balaban J connectivity index is 2.76. The highest BCUT2D eigenvalue weighted by Crippen LogP contribution is 2.27. The summed E-state index contributed by atoms with van der Waals surface area (Å²) in [5.74, 6) is 0. The van der Waals surface area contributed by atoms with Crippen LogP contribution in [0.5, 0.6) is 0 Å². The fraction of sp³-hybridized carbons (Fsp3) is 0.533. The highest BCUT2D eigenvalue weighted by atomic mass is 16.1. The molecule has 1 nitrogen and oxygen atoms in total. The van der Waals surface area contributed by atoms with E-state index in [0.29, 0.717) is 0 Å². The van der Waals surface area contributed by atoms with Crippen molar-refractivity contribution in [1.82, 2.24) is 0 Å². The largest absolute Gasteiger partial charge is 0.299 e. The number of allylic oxidation sites excluding steroid dienone is 6. The van der Waals surface area contributed by atoms with Gasteiger partial charge in [-0.05, 0) is 42.7 Å². The highest BCUT2D eigenvalue weighted by molar-refractivity contribution is 5.67. The molecular formula is C15H22O. The van der Waals surface area contributed by atoms with E-state index >= 15 is 0 Å². The van der Waals surface area contributed by atoms with Crippen LogP contribution in [0.1, 0.15) is 46.5 Å². The van der Waals surface area contributed by atoms with Crippen LogP contribution in [-0.4, -0.2) is 6.29 Å². The van der Waals surface area contributed by atoms with Crippen LogP contribution in [0.15, 0.2) is 35.5 Å². The van der Waals surface area contributed by atoms with Gasteiger partial charge in [0.25, 0.3) is 0 Å². The summed E-state index contributed by atoms with van der Waals surface area (Å²) in [5, 5.41) is 0. The maximum Gasteiger partial charge on any atom is 0.143 e. The molecule has 0 aromatic rings. The van der Waals surface area contributed by atoms with Gasteiger partial charge >= 0.3 is 0 Å². The predicted octanol–water partition coefficient (Wildman–Crippen LogP) is 4.21. The van der Waals surface area contributed by atoms with Crippen molar-refractivity contribution in [2.75, 3.05) is 0 Å². The SMILES string of the molecule is CC(C)(C)C(/C=C/C1=CCCCC1)=C/C=O. The van der Waals surface area contributed by atoms with Crippen LogP contribution in [0.25, 0.3) is 0 Å². The molecule has 1 aliphatic rings. The number of carbonyl (C=O) groups is 1. The molecule has 1 heteroatoms. The van der Waals surface area contributed by atoms with Crippen molar-refractivity contribution in [3.63, 3.8) is 0 Å². The Labute approximate surface area is 98.9 Å². The number of carbonyl (C=O) groups excluding carboxylic acids is 1. The first-order valence-electron chi connectivity index (χ1n) is 6.07. The zero-order valence-electron chi connectivity index (χ0n) is 10.6. The van der Waals surface area contributed by atoms with Crippen LogP contribution in [-0.2, 0) is 4.79 Å². The minimum absolute atomic E-state index is 0.0344. The summed E-state index contributed by atoms with van der Waals surface area (Å²) >= 11 is 0. The van der Waals surface area contributed by atoms with Crippen molar-refractivity contribution in [2.24, 2.45) is 5.41 Å². The fourth-order valence-electron chi connectivity index (χ4n) is 1.84. The van der Waals surface area contributed by atoms with Crippen molar-refractivity contribution in [3.05, 3.63) is 35.5 Å². The third-order valence-electron chi connectivity index (χ3n) is 2.92. The van der Waals surface area contributed by atoms with Crippen LogP contribution >= 0.6 is 0 Å². The molecule has 0 fully saturated rings. The lowest BCUT2D eigenvalue weighted by molar-refractivity contribution is -0.104. The Hall–Kier alpha value is -1.11. The smallest absolute Gasteiger partial charge is 0.143 e. The van der Waals surface area contributed by atoms with E-state index < -0.39 is 0 Å². The van der Waals surface area contributed by atoms with Gasteiger partial charge in [-0.25, -0.2) is 0 Å². The Morgan fingerprint density at radius 3 is 2.56 bits per heavy atom. The van der Waals surface area contributed by atoms with Gasteiger partial charge in [0.15, 0.2) is 0 Å². The van der Waals surface area contributed by atoms with Crippen molar-refractivity contribution in [2.45, 2.75) is 46.5 Å². The van der Waals surface area contributed by atoms with E-state index in [0.717, 1.165) is 11.9 Å². The summed E-state index contributed by atoms with van der Waals surface area (Å²) in [4.78, 5) is 10.6. The van der Waals surface area contributed by atoms with E-state index in [4.69, 9.17) is 0 Å². The molecule has 0 saturated heterocycles. The molecule has 0 saturated carbocycles. The first kappa shape index (κ1) is 13.0. The minimum Gasteiger partial charge on any atom is -0.299 e. The molecule has 0 unspecified atom stereocenters. The first-order valence-corrected chi connectivity index (χ1v) is 6.07. The lowest BCUT2D eigenvalue weighted by Gasteiger charge is -2.20. The van der Waals surface area contributed by atoms with Crippen molar-refractivity contribution in [1.29, 1.82) is 0 Å². The van der Waals surface area contributed by atoms with Crippen molar-refractivity contribution in [3.8, 4) is 0 Å². The van der Waals surface area contributed by atoms with E-state index in [1.54, 1.807) is 6.08 Å². The molecule has 0 aromatic heterocycles. The number of hydrogen-bond donors (Lipinski definition) is 0. The molecule has 0 atom stereocenters. The summed E-state index contributed by atoms with van der Waals surface area (Å²) in [6, 6.07) is 0. The molecule has 88 valence electrons. The molecule has 0 aromatic carbocycles. The van der Waals surface area contributed by atoms with Crippen LogP contribution in [0.2, 0.25) is 0 Å². The predicted molar refractivity (Wildman–Crippen MR) is 69.3 cm³/mol. The third-order valence-corrected chi connectivity index (χ3v) is 2.92. The fourth-order valence-corrected chi connectivity index (χ4v) is 1.84. The first-order chi connectivity index (χ1) is 7.54. The Morgan fingerprint density at radius 1 is 1.31 bits per heavy atom. The Kier molecular flexibility index (Phi) is 4.72. The van der Waals surface area contributed by atoms with Gasteiger partial charge in [0, 0.05) is 0 Å². The maximum absolute atomic E-state index is 10.6. The van der Waals surface area contributed by atoms with Gasteiger partial charge in [0.1, 0.15) is 6.29 Å². The van der Waals surface area contributed by atoms with Gasteiger partial charge in [-0.1, -0.05) is 44.6 Å². The second-order valence-electron chi connectivity index (χ2n) is 5.37. The van der Waals surface area contributed by atoms with Crippen LogP contribution in [0.4, 0.5) is 0 Å². The van der Waals surface area contributed by atoms with Gasteiger partial charge < -0.3 is 0 Å². The number of rotatable bonds is 3. The summed E-state index contributed by atoms with van der Waals surface area (Å²) in [6.07, 6.45) is 14.1. The van der Waals surface area contributed by atoms with Gasteiger partial charge in [-0.3, -0.25) is 4.79 Å². The molecule has 0 bridgehead atoms. The molecule has 0 N–H and O–H groups in total. The normalized spacial score (nSPS) is 18.7. The molecule has 0 aliphatic heterocycles. The van der Waals surface area contributed by atoms with Gasteiger partial charge in [-0.2, -0.15) is 0 Å². The van der Waals surface area contributed by atoms with Crippen molar-refractivity contribution < 1.29 is 4.79 Å². The molecule has 0 spiro atoms. The minimum atomic E-state index is 0.0344. The Morgan fingerprint density at radius 2 is 2.06 bits per heavy atom. The topological polar surface area (TPSA) is 17.1 Å². The molecule has 1 rings (SSSR count). The number of hydrogen-bond acceptors (Lipinski definition) is 1. The molecular weight excluding hydrogens is 196 g/mol. The summed E-state index contributed by atoms with van der Waals surface area (Å²) in [5.41, 5.74) is 2.54. The summed E-state index contributed by atoms with van der Waals surface area (Å²) in [7, 11) is 0. The molecule has 16 heavy (non-hydrogen) atoms. The van der Waals surface area contributed by atoms with E-state index in [9.17, 15) is 4.79 Å². The van der Waals surface area contributed by atoms with Gasteiger partial charge in [-0.15, -0.1) is 0 Å². The van der Waals surface area contributed by atoms with E-state index in [2.05, 4.69) is 39.0 Å². The number of aldehydes is 1. The van der Waals surface area contributed by atoms with E-state index in [1.165, 1.54) is 31.3 Å². The van der Waals surface area contributed by atoms with Crippen LogP contribution < -0.4 is 0 Å². The maximum atomic E-state index is 10.6. The zero-order valence-corrected chi connectivity index (χ0v) is 10.6. The second kappa shape index (κ2) is 5.83. The average molecular weight is 218 g/mol. The van der Waals surface area contributed by atoms with Crippen LogP contribution in [0, 0.1) is 5.41 Å². The van der Waals surface area contributed by atoms with E-state index in [-0.39, 0.29) is 5.41 Å². The molecule has 0 amide bonds. The van der Waals surface area contributed by atoms with Crippen LogP contribution in [0.3, 0.4) is 0 Å². The zero-order chi connectivity index (χ0) is 12.0. The van der Waals surface area contributed by atoms with Crippen molar-refractivity contribution >= 4 is 6.29 Å². The monoisotopic (exact) mass is 218 g/mol. The Bertz CT molecular complexity index is 324. The standard InChI is InChI=1S/C15H22O/c1-15(2,3)14(11-12-16)10-9-13-7-5-4-6-8-13/h7,9-12H,4-6,8H2,1-3H3/b10-9+,14-11+. The molecule has 0 radical (unpaired) electrons. The third kappa shape index (κ3) is 4.18. The lowest BCUT2D eigenvalue weighted by Crippen LogP contribution is -2.07. The van der Waals surface area contributed by atoms with Gasteiger partial charge in [0.05, 0.1) is 0 Å². The van der Waals surface area contributed by atoms with E-state index in [1.807, 2.05) is 0 Å². The average Bonchev–Trinajstić information content (AvgIpc) is 2.24. The quantitative estimate of drug-likeness (QED) is 0.394. The second-order valence-corrected chi connectivity index (χ2v) is 5.37. The summed E-state index contributed by atoms with van der Waals surface area (Å²) < 4.78 is 0. The molecule has 1 aliphatic carbocycles. The lowest BCUT2D eigenvalue weighted by atomic mass is 9.85. The molecule has 0 heterocycles. The van der Waals surface area contributed by atoms with Gasteiger partial charge in [0.2, 0.25) is 0 Å². The highest BCUT2D eigenvalue weighted by Gasteiger charge is 2.14.